The van der Waals surface area contributed by atoms with Gasteiger partial charge in [-0.05, 0) is 18.1 Å². The Morgan fingerprint density at radius 2 is 1.90 bits per heavy atom. The van der Waals surface area contributed by atoms with Gasteiger partial charge in [-0.25, -0.2) is 0 Å². The van der Waals surface area contributed by atoms with Gasteiger partial charge in [-0.3, -0.25) is 9.59 Å². The van der Waals surface area contributed by atoms with Crippen LogP contribution in [0.25, 0.3) is 0 Å². The van der Waals surface area contributed by atoms with Gasteiger partial charge in [0.1, 0.15) is 0 Å². The van der Waals surface area contributed by atoms with Crippen LogP contribution in [-0.4, -0.2) is 36.9 Å². The molecule has 0 radical (unpaired) electrons. The molecule has 1 spiro atoms. The standard InChI is InChI=1S/C17H22N2O2/c1-16(2,3)14(20)19-10-9-17(11-19)12-7-5-6-8-13(12)18(4)15(17)21/h5-8H,9-11H2,1-4H3/t17-/m1/s1. The van der Waals surface area contributed by atoms with Crippen molar-refractivity contribution in [2.24, 2.45) is 5.41 Å². The molecular formula is C17H22N2O2. The fourth-order valence-electron chi connectivity index (χ4n) is 3.57. The Labute approximate surface area is 125 Å². The molecule has 0 N–H and O–H groups in total. The minimum Gasteiger partial charge on any atom is -0.341 e. The van der Waals surface area contributed by atoms with Crippen molar-refractivity contribution in [1.82, 2.24) is 4.90 Å². The Morgan fingerprint density at radius 1 is 1.24 bits per heavy atom. The monoisotopic (exact) mass is 286 g/mol. The summed E-state index contributed by atoms with van der Waals surface area (Å²) >= 11 is 0. The van der Waals surface area contributed by atoms with E-state index < -0.39 is 10.8 Å². The molecule has 3 rings (SSSR count). The van der Waals surface area contributed by atoms with Crippen LogP contribution in [0.1, 0.15) is 32.8 Å². The third-order valence-corrected chi connectivity index (χ3v) is 4.69. The molecule has 1 aromatic rings. The highest BCUT2D eigenvalue weighted by molar-refractivity contribution is 6.08. The highest BCUT2D eigenvalue weighted by Crippen LogP contribution is 2.47. The van der Waals surface area contributed by atoms with Crippen LogP contribution in [0.5, 0.6) is 0 Å². The lowest BCUT2D eigenvalue weighted by Gasteiger charge is -2.28. The van der Waals surface area contributed by atoms with Crippen molar-refractivity contribution in [2.45, 2.75) is 32.6 Å². The third kappa shape index (κ3) is 1.88. The van der Waals surface area contributed by atoms with Gasteiger partial charge >= 0.3 is 0 Å². The van der Waals surface area contributed by atoms with Crippen LogP contribution in [0.4, 0.5) is 5.69 Å². The summed E-state index contributed by atoms with van der Waals surface area (Å²) in [6.45, 7) is 6.94. The van der Waals surface area contributed by atoms with Crippen molar-refractivity contribution in [3.8, 4) is 0 Å². The molecule has 1 saturated heterocycles. The lowest BCUT2D eigenvalue weighted by atomic mass is 9.81. The van der Waals surface area contributed by atoms with Gasteiger partial charge in [-0.15, -0.1) is 0 Å². The largest absolute Gasteiger partial charge is 0.341 e. The summed E-state index contributed by atoms with van der Waals surface area (Å²) in [4.78, 5) is 28.9. The summed E-state index contributed by atoms with van der Waals surface area (Å²) in [6, 6.07) is 7.94. The molecular weight excluding hydrogens is 264 g/mol. The van der Waals surface area contributed by atoms with Crippen LogP contribution in [0.15, 0.2) is 24.3 Å². The molecule has 4 heteroatoms. The van der Waals surface area contributed by atoms with Crippen molar-refractivity contribution in [3.63, 3.8) is 0 Å². The number of fused-ring (bicyclic) bond motifs is 2. The van der Waals surface area contributed by atoms with Crippen LogP contribution < -0.4 is 4.90 Å². The molecule has 0 aliphatic carbocycles. The number of hydrogen-bond acceptors (Lipinski definition) is 2. The van der Waals surface area contributed by atoms with E-state index in [0.717, 1.165) is 17.7 Å². The van der Waals surface area contributed by atoms with Crippen molar-refractivity contribution in [3.05, 3.63) is 29.8 Å². The lowest BCUT2D eigenvalue weighted by Crippen LogP contribution is -2.44. The molecule has 0 unspecified atom stereocenters. The molecule has 1 aromatic carbocycles. The van der Waals surface area contributed by atoms with E-state index in [0.29, 0.717) is 13.1 Å². The number of anilines is 1. The number of likely N-dealkylation sites (N-methyl/N-ethyl adjacent to an activating group) is 1. The van der Waals surface area contributed by atoms with Gasteiger partial charge in [0.05, 0.1) is 5.41 Å². The fourth-order valence-corrected chi connectivity index (χ4v) is 3.57. The molecule has 2 amide bonds. The zero-order valence-electron chi connectivity index (χ0n) is 13.1. The number of carbonyl (C=O) groups excluding carboxylic acids is 2. The SMILES string of the molecule is CN1C(=O)[C@@]2(CCN(C(=O)C(C)(C)C)C2)c2ccccc21. The van der Waals surface area contributed by atoms with Gasteiger partial charge in [0.2, 0.25) is 11.8 Å². The summed E-state index contributed by atoms with van der Waals surface area (Å²) in [7, 11) is 1.82. The Balaban J connectivity index is 1.98. The summed E-state index contributed by atoms with van der Waals surface area (Å²) in [6.07, 6.45) is 0.717. The molecule has 0 saturated carbocycles. The maximum atomic E-state index is 12.8. The van der Waals surface area contributed by atoms with E-state index in [1.165, 1.54) is 0 Å². The predicted octanol–water partition coefficient (Wildman–Crippen LogP) is 2.18. The van der Waals surface area contributed by atoms with E-state index in [-0.39, 0.29) is 11.8 Å². The Kier molecular flexibility index (Phi) is 2.91. The molecule has 0 bridgehead atoms. The molecule has 1 fully saturated rings. The number of para-hydroxylation sites is 1. The molecule has 112 valence electrons. The highest BCUT2D eigenvalue weighted by Gasteiger charge is 2.54. The van der Waals surface area contributed by atoms with Crippen LogP contribution in [-0.2, 0) is 15.0 Å². The minimum absolute atomic E-state index is 0.118. The second-order valence-electron chi connectivity index (χ2n) is 7.19. The van der Waals surface area contributed by atoms with E-state index in [1.54, 1.807) is 4.90 Å². The van der Waals surface area contributed by atoms with Crippen molar-refractivity contribution in [1.29, 1.82) is 0 Å². The first-order valence-corrected chi connectivity index (χ1v) is 7.44. The van der Waals surface area contributed by atoms with Gasteiger partial charge in [0.15, 0.2) is 0 Å². The maximum Gasteiger partial charge on any atom is 0.239 e. The van der Waals surface area contributed by atoms with Crippen LogP contribution in [0.3, 0.4) is 0 Å². The molecule has 1 atom stereocenters. The third-order valence-electron chi connectivity index (χ3n) is 4.69. The second-order valence-corrected chi connectivity index (χ2v) is 7.19. The second kappa shape index (κ2) is 4.33. The van der Waals surface area contributed by atoms with Gasteiger partial charge < -0.3 is 9.80 Å². The molecule has 2 aliphatic heterocycles. The smallest absolute Gasteiger partial charge is 0.239 e. The van der Waals surface area contributed by atoms with Gasteiger partial charge in [-0.2, -0.15) is 0 Å². The number of carbonyl (C=O) groups is 2. The predicted molar refractivity (Wildman–Crippen MR) is 82.2 cm³/mol. The van der Waals surface area contributed by atoms with E-state index >= 15 is 0 Å². The topological polar surface area (TPSA) is 40.6 Å². The number of nitrogens with zero attached hydrogens (tertiary/aromatic N) is 2. The van der Waals surface area contributed by atoms with Crippen LogP contribution >= 0.6 is 0 Å². The minimum atomic E-state index is -0.535. The van der Waals surface area contributed by atoms with Crippen molar-refractivity contribution < 1.29 is 9.59 Å². The van der Waals surface area contributed by atoms with E-state index in [4.69, 9.17) is 0 Å². The van der Waals surface area contributed by atoms with Gasteiger partial charge in [0.25, 0.3) is 0 Å². The van der Waals surface area contributed by atoms with E-state index in [2.05, 4.69) is 0 Å². The normalized spacial score (nSPS) is 24.9. The van der Waals surface area contributed by atoms with Crippen LogP contribution in [0.2, 0.25) is 0 Å². The average molecular weight is 286 g/mol. The Morgan fingerprint density at radius 3 is 2.57 bits per heavy atom. The Bertz CT molecular complexity index is 617. The summed E-state index contributed by atoms with van der Waals surface area (Å²) in [5.41, 5.74) is 1.11. The lowest BCUT2D eigenvalue weighted by molar-refractivity contribution is -0.138. The van der Waals surface area contributed by atoms with Crippen molar-refractivity contribution in [2.75, 3.05) is 25.0 Å². The Hall–Kier alpha value is -1.84. The molecule has 4 nitrogen and oxygen atoms in total. The average Bonchev–Trinajstić information content (AvgIpc) is 2.97. The summed E-state index contributed by atoms with van der Waals surface area (Å²) in [5, 5.41) is 0. The van der Waals surface area contributed by atoms with Gasteiger partial charge in [-0.1, -0.05) is 39.0 Å². The molecule has 21 heavy (non-hydrogen) atoms. The van der Waals surface area contributed by atoms with E-state index in [9.17, 15) is 9.59 Å². The first kappa shape index (κ1) is 14.1. The number of benzene rings is 1. The van der Waals surface area contributed by atoms with Gasteiger partial charge in [0, 0.05) is 31.2 Å². The number of rotatable bonds is 0. The summed E-state index contributed by atoms with van der Waals surface area (Å²) in [5.74, 6) is 0.243. The number of amides is 2. The quantitative estimate of drug-likeness (QED) is 0.733. The first-order valence-electron chi connectivity index (χ1n) is 7.44. The maximum absolute atomic E-state index is 12.8. The number of likely N-dealkylation sites (tertiary alicyclic amines) is 1. The van der Waals surface area contributed by atoms with Crippen LogP contribution in [0, 0.1) is 5.41 Å². The molecule has 2 aliphatic rings. The molecule has 2 heterocycles. The van der Waals surface area contributed by atoms with Crippen molar-refractivity contribution >= 4 is 17.5 Å². The molecule has 0 aromatic heterocycles. The van der Waals surface area contributed by atoms with E-state index in [1.807, 2.05) is 57.0 Å². The first-order chi connectivity index (χ1) is 9.77. The zero-order valence-corrected chi connectivity index (χ0v) is 13.1. The number of hydrogen-bond donors (Lipinski definition) is 0. The summed E-state index contributed by atoms with van der Waals surface area (Å²) < 4.78 is 0. The fraction of sp³-hybridized carbons (Fsp3) is 0.529. The highest BCUT2D eigenvalue weighted by atomic mass is 16.2. The zero-order chi connectivity index (χ0) is 15.4.